The van der Waals surface area contributed by atoms with Crippen LogP contribution in [0.5, 0.6) is 0 Å². The molecule has 4 N–H and O–H groups in total. The minimum absolute atomic E-state index is 0.126. The molecule has 2 fully saturated rings. The highest BCUT2D eigenvalue weighted by Gasteiger charge is 2.41. The fourth-order valence-electron chi connectivity index (χ4n) is 4.57. The molecular formula is C22H38N4O5. The molecule has 0 aliphatic carbocycles. The van der Waals surface area contributed by atoms with Gasteiger partial charge in [-0.1, -0.05) is 27.7 Å². The topological polar surface area (TPSA) is 133 Å². The summed E-state index contributed by atoms with van der Waals surface area (Å²) >= 11 is 0. The molecule has 2 rings (SSSR count). The average Bonchev–Trinajstić information content (AvgIpc) is 3.34. The predicted molar refractivity (Wildman–Crippen MR) is 116 cm³/mol. The van der Waals surface area contributed by atoms with Crippen LogP contribution in [0.3, 0.4) is 0 Å². The van der Waals surface area contributed by atoms with E-state index in [-0.39, 0.29) is 29.6 Å². The van der Waals surface area contributed by atoms with Crippen molar-refractivity contribution in [3.05, 3.63) is 0 Å². The molecular weight excluding hydrogens is 400 g/mol. The van der Waals surface area contributed by atoms with Gasteiger partial charge in [-0.2, -0.15) is 0 Å². The molecule has 176 valence electrons. The summed E-state index contributed by atoms with van der Waals surface area (Å²) in [4.78, 5) is 53.5. The molecule has 2 saturated heterocycles. The van der Waals surface area contributed by atoms with Crippen molar-refractivity contribution < 1.29 is 24.3 Å². The number of likely N-dealkylation sites (tertiary alicyclic amines) is 2. The number of carboxylic acids is 1. The number of nitrogens with zero attached hydrogens (tertiary/aromatic N) is 2. The highest BCUT2D eigenvalue weighted by molar-refractivity contribution is 5.94. The quantitative estimate of drug-likeness (QED) is 0.491. The lowest BCUT2D eigenvalue weighted by Gasteiger charge is -2.31. The van der Waals surface area contributed by atoms with Crippen molar-refractivity contribution in [1.29, 1.82) is 0 Å². The minimum Gasteiger partial charge on any atom is -0.480 e. The highest BCUT2D eigenvalue weighted by atomic mass is 16.4. The molecule has 0 radical (unpaired) electrons. The molecule has 0 aromatic carbocycles. The molecule has 0 aromatic heterocycles. The molecule has 9 heteroatoms. The van der Waals surface area contributed by atoms with Crippen LogP contribution in [-0.4, -0.2) is 75.9 Å². The lowest BCUT2D eigenvalue weighted by molar-refractivity contribution is -0.150. The van der Waals surface area contributed by atoms with E-state index in [1.165, 1.54) is 9.80 Å². The van der Waals surface area contributed by atoms with Crippen molar-refractivity contribution in [3.8, 4) is 0 Å². The van der Waals surface area contributed by atoms with E-state index in [0.717, 1.165) is 0 Å². The summed E-state index contributed by atoms with van der Waals surface area (Å²) in [6.07, 6.45) is 3.22. The molecule has 0 spiro atoms. The summed E-state index contributed by atoms with van der Waals surface area (Å²) in [5.74, 6) is -1.59. The van der Waals surface area contributed by atoms with Gasteiger partial charge in [-0.05, 0) is 50.4 Å². The van der Waals surface area contributed by atoms with Crippen LogP contribution in [0.2, 0.25) is 0 Å². The third-order valence-corrected chi connectivity index (χ3v) is 6.02. The molecule has 3 amide bonds. The van der Waals surface area contributed by atoms with E-state index in [9.17, 15) is 24.3 Å². The summed E-state index contributed by atoms with van der Waals surface area (Å²) in [7, 11) is 0. The van der Waals surface area contributed by atoms with Gasteiger partial charge in [-0.25, -0.2) is 4.79 Å². The van der Waals surface area contributed by atoms with Gasteiger partial charge in [-0.15, -0.1) is 0 Å². The molecule has 4 unspecified atom stereocenters. The Hall–Kier alpha value is -2.16. The maximum Gasteiger partial charge on any atom is 0.326 e. The Morgan fingerprint density at radius 3 is 1.94 bits per heavy atom. The van der Waals surface area contributed by atoms with Crippen molar-refractivity contribution in [2.24, 2.45) is 17.6 Å². The minimum atomic E-state index is -1.02. The van der Waals surface area contributed by atoms with Crippen molar-refractivity contribution >= 4 is 23.7 Å². The normalized spacial score (nSPS) is 23.3. The average molecular weight is 439 g/mol. The largest absolute Gasteiger partial charge is 0.480 e. The third-order valence-electron chi connectivity index (χ3n) is 6.02. The first-order valence-corrected chi connectivity index (χ1v) is 11.4. The molecule has 0 saturated carbocycles. The van der Waals surface area contributed by atoms with Crippen LogP contribution in [-0.2, 0) is 19.2 Å². The Labute approximate surface area is 184 Å². The Kier molecular flexibility index (Phi) is 8.85. The Balaban J connectivity index is 2.11. The summed E-state index contributed by atoms with van der Waals surface area (Å²) in [5, 5.41) is 12.3. The standard InChI is InChI=1S/C22H38N4O5/c1-13(2)11-15(23)20(28)25-9-5-7-17(25)19(27)24-16(12-14(3)4)21(29)26-10-6-8-18(26)22(30)31/h13-18H,5-12,23H2,1-4H3,(H,24,27)(H,30,31). The van der Waals surface area contributed by atoms with Gasteiger partial charge < -0.3 is 26.0 Å². The second kappa shape index (κ2) is 10.9. The van der Waals surface area contributed by atoms with E-state index >= 15 is 0 Å². The smallest absolute Gasteiger partial charge is 0.326 e. The number of nitrogens with two attached hydrogens (primary N) is 1. The van der Waals surface area contributed by atoms with Crippen LogP contribution < -0.4 is 11.1 Å². The number of nitrogens with one attached hydrogen (secondary N) is 1. The van der Waals surface area contributed by atoms with Gasteiger partial charge in [0.25, 0.3) is 0 Å². The Bertz CT molecular complexity index is 681. The van der Waals surface area contributed by atoms with Gasteiger partial charge in [0.15, 0.2) is 0 Å². The summed E-state index contributed by atoms with van der Waals surface area (Å²) < 4.78 is 0. The number of carboxylic acid groups (broad SMARTS) is 1. The number of carbonyl (C=O) groups is 4. The van der Waals surface area contributed by atoms with Crippen LogP contribution in [0.1, 0.15) is 66.2 Å². The van der Waals surface area contributed by atoms with Gasteiger partial charge in [0.2, 0.25) is 17.7 Å². The molecule has 0 aromatic rings. The summed E-state index contributed by atoms with van der Waals surface area (Å²) in [5.41, 5.74) is 6.06. The number of carbonyl (C=O) groups excluding carboxylic acids is 3. The second-order valence-corrected chi connectivity index (χ2v) is 9.64. The Morgan fingerprint density at radius 2 is 1.42 bits per heavy atom. The molecule has 0 bridgehead atoms. The molecule has 31 heavy (non-hydrogen) atoms. The predicted octanol–water partition coefficient (Wildman–Crippen LogP) is 0.957. The number of hydrogen-bond acceptors (Lipinski definition) is 5. The van der Waals surface area contributed by atoms with Crippen LogP contribution in [0.25, 0.3) is 0 Å². The lowest BCUT2D eigenvalue weighted by atomic mass is 10.0. The van der Waals surface area contributed by atoms with Crippen molar-refractivity contribution in [2.75, 3.05) is 13.1 Å². The number of amides is 3. The van der Waals surface area contributed by atoms with Crippen LogP contribution in [0.4, 0.5) is 0 Å². The summed E-state index contributed by atoms with van der Waals surface area (Å²) in [6, 6.07) is -2.96. The molecule has 2 aliphatic rings. The van der Waals surface area contributed by atoms with Crippen LogP contribution in [0.15, 0.2) is 0 Å². The van der Waals surface area contributed by atoms with Gasteiger partial charge in [0.05, 0.1) is 6.04 Å². The van der Waals surface area contributed by atoms with Crippen LogP contribution in [0, 0.1) is 11.8 Å². The molecule has 2 aliphatic heterocycles. The van der Waals surface area contributed by atoms with Crippen molar-refractivity contribution in [2.45, 2.75) is 90.4 Å². The zero-order valence-corrected chi connectivity index (χ0v) is 19.2. The van der Waals surface area contributed by atoms with Crippen molar-refractivity contribution in [1.82, 2.24) is 15.1 Å². The maximum atomic E-state index is 13.1. The summed E-state index contributed by atoms with van der Waals surface area (Å²) in [6.45, 7) is 8.72. The van der Waals surface area contributed by atoms with E-state index in [2.05, 4.69) is 5.32 Å². The third kappa shape index (κ3) is 6.41. The van der Waals surface area contributed by atoms with E-state index in [0.29, 0.717) is 51.6 Å². The SMILES string of the molecule is CC(C)CC(N)C(=O)N1CCCC1C(=O)NC(CC(C)C)C(=O)N1CCCC1C(=O)O. The van der Waals surface area contributed by atoms with E-state index < -0.39 is 30.1 Å². The first-order chi connectivity index (χ1) is 14.5. The first-order valence-electron chi connectivity index (χ1n) is 11.4. The monoisotopic (exact) mass is 438 g/mol. The van der Waals surface area contributed by atoms with Gasteiger partial charge in [0, 0.05) is 13.1 Å². The molecule has 2 heterocycles. The number of rotatable bonds is 9. The van der Waals surface area contributed by atoms with E-state index in [1.54, 1.807) is 0 Å². The molecule has 9 nitrogen and oxygen atoms in total. The Morgan fingerprint density at radius 1 is 0.903 bits per heavy atom. The lowest BCUT2D eigenvalue weighted by Crippen LogP contribution is -2.57. The number of hydrogen-bond donors (Lipinski definition) is 3. The fraction of sp³-hybridized carbons (Fsp3) is 0.818. The zero-order chi connectivity index (χ0) is 23.3. The number of aliphatic carboxylic acids is 1. The highest BCUT2D eigenvalue weighted by Crippen LogP contribution is 2.23. The van der Waals surface area contributed by atoms with E-state index in [1.807, 2.05) is 27.7 Å². The van der Waals surface area contributed by atoms with Gasteiger partial charge >= 0.3 is 5.97 Å². The maximum absolute atomic E-state index is 13.1. The zero-order valence-electron chi connectivity index (χ0n) is 19.2. The van der Waals surface area contributed by atoms with Gasteiger partial charge in [-0.3, -0.25) is 14.4 Å². The van der Waals surface area contributed by atoms with Crippen molar-refractivity contribution in [3.63, 3.8) is 0 Å². The van der Waals surface area contributed by atoms with Crippen LogP contribution >= 0.6 is 0 Å². The molecule has 4 atom stereocenters. The van der Waals surface area contributed by atoms with E-state index in [4.69, 9.17) is 5.73 Å². The van der Waals surface area contributed by atoms with Gasteiger partial charge in [0.1, 0.15) is 18.1 Å². The fourth-order valence-corrected chi connectivity index (χ4v) is 4.57. The first kappa shape index (κ1) is 25.1. The second-order valence-electron chi connectivity index (χ2n) is 9.64.